The highest BCUT2D eigenvalue weighted by atomic mass is 127. The predicted molar refractivity (Wildman–Crippen MR) is 122 cm³/mol. The van der Waals surface area contributed by atoms with Crippen molar-refractivity contribution in [2.75, 3.05) is 18.8 Å². The lowest BCUT2D eigenvalue weighted by Gasteiger charge is -2.11. The number of aryl methyl sites for hydroxylation is 3. The third-order valence-corrected chi connectivity index (χ3v) is 5.48. The maximum Gasteiger partial charge on any atom is 0.191 e. The largest absolute Gasteiger partial charge is 0.357 e. The van der Waals surface area contributed by atoms with Crippen LogP contribution in [0, 0.1) is 20.8 Å². The first-order chi connectivity index (χ1) is 11.6. The van der Waals surface area contributed by atoms with E-state index in [9.17, 15) is 0 Å². The Bertz CT molecular complexity index is 668. The van der Waals surface area contributed by atoms with E-state index in [1.165, 1.54) is 15.3 Å². The molecule has 0 saturated carbocycles. The molecule has 0 radical (unpaired) electrons. The van der Waals surface area contributed by atoms with E-state index >= 15 is 0 Å². The summed E-state index contributed by atoms with van der Waals surface area (Å²) in [6.45, 7) is 10.7. The summed E-state index contributed by atoms with van der Waals surface area (Å²) in [5, 5.41) is 7.80. The maximum atomic E-state index is 4.67. The molecule has 0 spiro atoms. The average Bonchev–Trinajstić information content (AvgIpc) is 2.88. The van der Waals surface area contributed by atoms with Gasteiger partial charge in [-0.2, -0.15) is 0 Å². The van der Waals surface area contributed by atoms with Crippen LogP contribution in [-0.2, 0) is 6.54 Å². The fraction of sp³-hybridized carbons (Fsp3) is 0.444. The summed E-state index contributed by atoms with van der Waals surface area (Å²) >= 11 is 3.58. The van der Waals surface area contributed by atoms with Crippen LogP contribution >= 0.6 is 47.1 Å². The van der Waals surface area contributed by atoms with E-state index in [1.807, 2.05) is 25.6 Å². The predicted octanol–water partition coefficient (Wildman–Crippen LogP) is 4.53. The van der Waals surface area contributed by atoms with E-state index < -0.39 is 0 Å². The lowest BCUT2D eigenvalue weighted by atomic mass is 10.2. The molecule has 138 valence electrons. The fourth-order valence-electron chi connectivity index (χ4n) is 2.19. The quantitative estimate of drug-likeness (QED) is 0.197. The van der Waals surface area contributed by atoms with Crippen molar-refractivity contribution in [2.24, 2.45) is 4.99 Å². The van der Waals surface area contributed by atoms with Gasteiger partial charge in [-0.1, -0.05) is 17.7 Å². The third-order valence-electron chi connectivity index (χ3n) is 3.41. The van der Waals surface area contributed by atoms with E-state index in [4.69, 9.17) is 0 Å². The van der Waals surface area contributed by atoms with Crippen molar-refractivity contribution in [3.63, 3.8) is 0 Å². The summed E-state index contributed by atoms with van der Waals surface area (Å²) in [4.78, 5) is 11.7. The number of aliphatic imine (C=N–C) groups is 1. The van der Waals surface area contributed by atoms with E-state index in [0.717, 1.165) is 35.5 Å². The second kappa shape index (κ2) is 11.7. The molecule has 0 aliphatic rings. The fourth-order valence-corrected chi connectivity index (χ4v) is 3.82. The zero-order chi connectivity index (χ0) is 17.4. The van der Waals surface area contributed by atoms with Crippen LogP contribution in [0.1, 0.15) is 28.1 Å². The second-order valence-electron chi connectivity index (χ2n) is 5.52. The Morgan fingerprint density at radius 1 is 1.16 bits per heavy atom. The smallest absolute Gasteiger partial charge is 0.191 e. The van der Waals surface area contributed by atoms with Gasteiger partial charge in [0, 0.05) is 28.6 Å². The Kier molecular flexibility index (Phi) is 10.4. The molecule has 1 aromatic heterocycles. The normalized spacial score (nSPS) is 11.1. The minimum Gasteiger partial charge on any atom is -0.357 e. The number of hydrogen-bond acceptors (Lipinski definition) is 4. The van der Waals surface area contributed by atoms with Crippen molar-refractivity contribution < 1.29 is 0 Å². The molecule has 0 bridgehead atoms. The van der Waals surface area contributed by atoms with Crippen molar-refractivity contribution in [3.8, 4) is 0 Å². The SMILES string of the molecule is CCNC(=NCc1sc(C)nc1C)NCCSc1ccc(C)cc1.I. The summed E-state index contributed by atoms with van der Waals surface area (Å²) in [6, 6.07) is 8.66. The van der Waals surface area contributed by atoms with Crippen LogP contribution in [0.2, 0.25) is 0 Å². The van der Waals surface area contributed by atoms with E-state index in [0.29, 0.717) is 6.54 Å². The number of halogens is 1. The van der Waals surface area contributed by atoms with Crippen LogP contribution in [0.25, 0.3) is 0 Å². The number of thioether (sulfide) groups is 1. The van der Waals surface area contributed by atoms with Crippen LogP contribution in [0.5, 0.6) is 0 Å². The molecular weight excluding hydrogens is 463 g/mol. The van der Waals surface area contributed by atoms with Gasteiger partial charge in [0.1, 0.15) is 0 Å². The highest BCUT2D eigenvalue weighted by molar-refractivity contribution is 14.0. The summed E-state index contributed by atoms with van der Waals surface area (Å²) < 4.78 is 0. The van der Waals surface area contributed by atoms with Gasteiger partial charge in [0.2, 0.25) is 0 Å². The van der Waals surface area contributed by atoms with Gasteiger partial charge in [0.25, 0.3) is 0 Å². The number of guanidine groups is 1. The minimum atomic E-state index is 0. The van der Waals surface area contributed by atoms with E-state index in [1.54, 1.807) is 11.3 Å². The number of benzene rings is 1. The number of nitrogens with zero attached hydrogens (tertiary/aromatic N) is 2. The van der Waals surface area contributed by atoms with Crippen LogP contribution in [-0.4, -0.2) is 29.8 Å². The molecule has 0 unspecified atom stereocenters. The Hall–Kier alpha value is -0.800. The summed E-state index contributed by atoms with van der Waals surface area (Å²) in [6.07, 6.45) is 0. The molecule has 4 nitrogen and oxygen atoms in total. The number of nitrogens with one attached hydrogen (secondary N) is 2. The third kappa shape index (κ3) is 7.96. The van der Waals surface area contributed by atoms with Gasteiger partial charge in [-0.05, 0) is 39.8 Å². The average molecular weight is 490 g/mol. The minimum absolute atomic E-state index is 0. The van der Waals surface area contributed by atoms with E-state index in [2.05, 4.69) is 58.7 Å². The standard InChI is InChI=1S/C18H26N4S2.HI/c1-5-19-18(21-12-17-14(3)22-15(4)24-17)20-10-11-23-16-8-6-13(2)7-9-16;/h6-9H,5,10-12H2,1-4H3,(H2,19,20,21);1H. The van der Waals surface area contributed by atoms with Crippen LogP contribution in [0.3, 0.4) is 0 Å². The summed E-state index contributed by atoms with van der Waals surface area (Å²) in [5.74, 6) is 1.87. The molecule has 1 aromatic carbocycles. The van der Waals surface area contributed by atoms with Crippen molar-refractivity contribution in [3.05, 3.63) is 45.4 Å². The first kappa shape index (κ1) is 22.2. The molecule has 0 atom stereocenters. The zero-order valence-electron chi connectivity index (χ0n) is 15.3. The molecule has 25 heavy (non-hydrogen) atoms. The Morgan fingerprint density at radius 2 is 1.88 bits per heavy atom. The molecule has 2 aromatic rings. The Labute approximate surface area is 176 Å². The molecule has 1 heterocycles. The summed E-state index contributed by atoms with van der Waals surface area (Å²) in [5.41, 5.74) is 2.39. The first-order valence-electron chi connectivity index (χ1n) is 8.23. The van der Waals surface area contributed by atoms with Crippen molar-refractivity contribution >= 4 is 53.0 Å². The highest BCUT2D eigenvalue weighted by Crippen LogP contribution is 2.18. The van der Waals surface area contributed by atoms with Gasteiger partial charge in [-0.3, -0.25) is 0 Å². The van der Waals surface area contributed by atoms with Gasteiger partial charge in [-0.25, -0.2) is 9.98 Å². The van der Waals surface area contributed by atoms with Crippen LogP contribution in [0.4, 0.5) is 0 Å². The molecule has 2 rings (SSSR count). The molecule has 2 N–H and O–H groups in total. The van der Waals surface area contributed by atoms with Crippen molar-refractivity contribution in [1.82, 2.24) is 15.6 Å². The molecule has 0 fully saturated rings. The topological polar surface area (TPSA) is 49.3 Å². The van der Waals surface area contributed by atoms with Gasteiger partial charge in [0.05, 0.1) is 17.2 Å². The molecule has 0 aliphatic heterocycles. The molecule has 0 amide bonds. The molecule has 0 aliphatic carbocycles. The first-order valence-corrected chi connectivity index (χ1v) is 10.0. The van der Waals surface area contributed by atoms with E-state index in [-0.39, 0.29) is 24.0 Å². The molecular formula is C18H27IN4S2. The van der Waals surface area contributed by atoms with Gasteiger partial charge >= 0.3 is 0 Å². The number of rotatable bonds is 7. The van der Waals surface area contributed by atoms with Crippen molar-refractivity contribution in [2.45, 2.75) is 39.1 Å². The maximum absolute atomic E-state index is 4.67. The Balaban J connectivity index is 0.00000312. The monoisotopic (exact) mass is 490 g/mol. The highest BCUT2D eigenvalue weighted by Gasteiger charge is 2.04. The molecule has 0 saturated heterocycles. The van der Waals surface area contributed by atoms with Crippen LogP contribution in [0.15, 0.2) is 34.2 Å². The lowest BCUT2D eigenvalue weighted by Crippen LogP contribution is -2.38. The molecule has 7 heteroatoms. The van der Waals surface area contributed by atoms with Crippen LogP contribution < -0.4 is 10.6 Å². The number of aromatic nitrogens is 1. The summed E-state index contributed by atoms with van der Waals surface area (Å²) in [7, 11) is 0. The number of thiazole rings is 1. The van der Waals surface area contributed by atoms with Crippen molar-refractivity contribution in [1.29, 1.82) is 0 Å². The second-order valence-corrected chi connectivity index (χ2v) is 7.98. The zero-order valence-corrected chi connectivity index (χ0v) is 19.2. The van der Waals surface area contributed by atoms with Gasteiger partial charge in [0.15, 0.2) is 5.96 Å². The number of hydrogen-bond donors (Lipinski definition) is 2. The van der Waals surface area contributed by atoms with Gasteiger partial charge in [-0.15, -0.1) is 47.1 Å². The van der Waals surface area contributed by atoms with Gasteiger partial charge < -0.3 is 10.6 Å². The lowest BCUT2D eigenvalue weighted by molar-refractivity contribution is 0.843. The Morgan fingerprint density at radius 3 is 2.48 bits per heavy atom.